The van der Waals surface area contributed by atoms with Gasteiger partial charge >= 0.3 is 63.0 Å². The van der Waals surface area contributed by atoms with E-state index in [0.717, 1.165) is 5.56 Å². The van der Waals surface area contributed by atoms with Crippen LogP contribution in [-0.2, 0) is 0 Å². The largest absolute Gasteiger partial charge is 1.00 e. The molecule has 0 unspecified atom stereocenters. The second kappa shape index (κ2) is 8.33. The Morgan fingerprint density at radius 2 is 1.70 bits per heavy atom. The normalized spacial score (nSPS) is 9.43. The number of hydrogen-bond acceptors (Lipinski definition) is 5. The molecule has 0 aliphatic rings. The predicted molar refractivity (Wildman–Crippen MR) is 72.3 cm³/mol. The van der Waals surface area contributed by atoms with Crippen LogP contribution in [0.5, 0.6) is 0 Å². The van der Waals surface area contributed by atoms with Crippen molar-refractivity contribution in [3.05, 3.63) is 61.9 Å². The van der Waals surface area contributed by atoms with Gasteiger partial charge < -0.3 is 20.5 Å². The summed E-state index contributed by atoms with van der Waals surface area (Å²) in [5, 5.41) is 20.2. The smallest absolute Gasteiger partial charge is 0.543 e. The molecule has 1 heterocycles. The van der Waals surface area contributed by atoms with Gasteiger partial charge in [-0.2, -0.15) is 0 Å². The summed E-state index contributed by atoms with van der Waals surface area (Å²) in [6.45, 7) is 1.78. The van der Waals surface area contributed by atoms with Crippen molar-refractivity contribution < 1.29 is 76.7 Å². The van der Waals surface area contributed by atoms with Gasteiger partial charge in [-0.1, -0.05) is 17.7 Å². The van der Waals surface area contributed by atoms with Crippen molar-refractivity contribution in [2.75, 3.05) is 0 Å². The monoisotopic (exact) mass is 346 g/mol. The molecule has 0 aliphatic heterocycles. The van der Waals surface area contributed by atoms with Crippen molar-refractivity contribution in [2.24, 2.45) is 0 Å². The van der Waals surface area contributed by atoms with Gasteiger partial charge in [-0.05, 0) is 19.1 Å². The topological polar surface area (TPSA) is 164 Å². The molecule has 0 amide bonds. The molecule has 0 saturated carbocycles. The van der Waals surface area contributed by atoms with Crippen LogP contribution in [0.1, 0.15) is 26.4 Å². The average molecular weight is 346 g/mol. The minimum Gasteiger partial charge on any atom is -0.543 e. The number of benzene rings is 1. The number of hydrogen-bond donors (Lipinski definition) is 2. The third-order valence-electron chi connectivity index (χ3n) is 2.81. The Balaban J connectivity index is 0.00000242. The molecular weight excluding hydrogens is 335 g/mol. The third kappa shape index (κ3) is 4.25. The summed E-state index contributed by atoms with van der Waals surface area (Å²) in [7, 11) is 0. The number of H-pyrrole nitrogens is 1. The number of nitrogens with zero attached hydrogens (tertiary/aromatic N) is 1. The van der Waals surface area contributed by atoms with Gasteiger partial charge in [0.1, 0.15) is 0 Å². The molecule has 0 aliphatic carbocycles. The van der Waals surface area contributed by atoms with E-state index in [9.17, 15) is 24.3 Å². The molecule has 0 radical (unpaired) electrons. The molecule has 0 fully saturated rings. The number of aryl methyl sites for hydroxylation is 1. The summed E-state index contributed by atoms with van der Waals surface area (Å²) >= 11 is 0. The molecule has 116 valence electrons. The maximum Gasteiger partial charge on any atom is 1.00 e. The fourth-order valence-electron chi connectivity index (χ4n) is 1.87. The summed E-state index contributed by atoms with van der Waals surface area (Å²) in [4.78, 5) is 47.4. The van der Waals surface area contributed by atoms with E-state index in [1.54, 1.807) is 24.0 Å². The molecule has 2 rings (SSSR count). The van der Waals surface area contributed by atoms with Crippen molar-refractivity contribution in [2.45, 2.75) is 6.92 Å². The standard InChI is InChI=1S/C13H10N2O6.K.H2O/c1-6-2-4-7(5-3-6)15-9(12(19)20)8(11(17)18)10(16)14-13(15)21;;/h2-5H,1H3,(H,17,18)(H,19,20)(H,14,16,21);;1H2/q;+1;/p-1. The first-order valence-electron chi connectivity index (χ1n) is 5.74. The summed E-state index contributed by atoms with van der Waals surface area (Å²) in [6, 6.07) is 6.05. The van der Waals surface area contributed by atoms with Crippen molar-refractivity contribution in [3.8, 4) is 5.69 Å². The Hall–Kier alpha value is -1.56. The molecule has 4 N–H and O–H groups in total. The molecular formula is C13H11KN2O7. The van der Waals surface area contributed by atoms with E-state index in [1.165, 1.54) is 12.1 Å². The van der Waals surface area contributed by atoms with Crippen LogP contribution >= 0.6 is 0 Å². The van der Waals surface area contributed by atoms with Crippen LogP contribution in [-0.4, -0.2) is 32.1 Å². The number of aromatic nitrogens is 2. The Bertz CT molecular complexity index is 852. The zero-order chi connectivity index (χ0) is 15.7. The van der Waals surface area contributed by atoms with Crippen LogP contribution in [0.2, 0.25) is 0 Å². The Kier molecular flexibility index (Phi) is 7.77. The number of nitrogens with one attached hydrogen (secondary N) is 1. The Labute approximate surface area is 171 Å². The van der Waals surface area contributed by atoms with E-state index >= 15 is 0 Å². The minimum absolute atomic E-state index is 0. The summed E-state index contributed by atoms with van der Waals surface area (Å²) in [5.74, 6) is -3.70. The van der Waals surface area contributed by atoms with Crippen molar-refractivity contribution in [3.63, 3.8) is 0 Å². The van der Waals surface area contributed by atoms with E-state index in [-0.39, 0.29) is 62.5 Å². The number of carboxylic acid groups (broad SMARTS) is 2. The van der Waals surface area contributed by atoms with Gasteiger partial charge in [-0.15, -0.1) is 0 Å². The van der Waals surface area contributed by atoms with Crippen molar-refractivity contribution in [1.29, 1.82) is 0 Å². The Morgan fingerprint density at radius 1 is 1.17 bits per heavy atom. The second-order valence-corrected chi connectivity index (χ2v) is 4.25. The average Bonchev–Trinajstić information content (AvgIpc) is 2.38. The predicted octanol–water partition coefficient (Wildman–Crippen LogP) is -4.92. The number of aromatic carboxylic acids is 2. The van der Waals surface area contributed by atoms with Crippen LogP contribution in [0.25, 0.3) is 5.69 Å². The minimum atomic E-state index is -1.93. The van der Waals surface area contributed by atoms with Gasteiger partial charge in [0, 0.05) is 0 Å². The number of aromatic amines is 1. The van der Waals surface area contributed by atoms with Crippen LogP contribution in [0.3, 0.4) is 0 Å². The molecule has 9 nitrogen and oxygen atoms in total. The van der Waals surface area contributed by atoms with E-state index in [4.69, 9.17) is 5.11 Å². The molecule has 1 aromatic heterocycles. The molecule has 0 saturated heterocycles. The number of carbonyl (C=O) groups is 2. The zero-order valence-corrected chi connectivity index (χ0v) is 15.4. The number of carboxylic acids is 2. The van der Waals surface area contributed by atoms with E-state index in [2.05, 4.69) is 0 Å². The quantitative estimate of drug-likeness (QED) is 0.529. The molecule has 10 heteroatoms. The second-order valence-electron chi connectivity index (χ2n) is 4.25. The SMILES string of the molecule is Cc1ccc(-n2c(C(=O)[O-])c(C(=O)O)c(=O)[nH]c2=O)cc1.O.[K+]. The summed E-state index contributed by atoms with van der Waals surface area (Å²) in [6.07, 6.45) is 0. The van der Waals surface area contributed by atoms with E-state index < -0.39 is 34.4 Å². The molecule has 0 bridgehead atoms. The van der Waals surface area contributed by atoms with Crippen molar-refractivity contribution >= 4 is 11.9 Å². The van der Waals surface area contributed by atoms with E-state index in [0.29, 0.717) is 4.57 Å². The first kappa shape index (κ1) is 21.4. The van der Waals surface area contributed by atoms with Gasteiger partial charge in [-0.3, -0.25) is 14.3 Å². The van der Waals surface area contributed by atoms with Gasteiger partial charge in [-0.25, -0.2) is 9.59 Å². The van der Waals surface area contributed by atoms with Crippen LogP contribution in [0, 0.1) is 6.92 Å². The van der Waals surface area contributed by atoms with Gasteiger partial charge in [0.25, 0.3) is 5.56 Å². The molecule has 2 aromatic rings. The molecule has 0 spiro atoms. The first-order chi connectivity index (χ1) is 9.82. The molecule has 0 atom stereocenters. The molecule has 23 heavy (non-hydrogen) atoms. The number of rotatable bonds is 3. The maximum absolute atomic E-state index is 11.8. The summed E-state index contributed by atoms with van der Waals surface area (Å²) < 4.78 is 0.583. The van der Waals surface area contributed by atoms with Gasteiger partial charge in [0.05, 0.1) is 17.4 Å². The number of carbonyl (C=O) groups excluding carboxylic acids is 1. The Morgan fingerprint density at radius 3 is 2.13 bits per heavy atom. The van der Waals surface area contributed by atoms with Crippen molar-refractivity contribution in [1.82, 2.24) is 9.55 Å². The maximum atomic E-state index is 11.8. The van der Waals surface area contributed by atoms with Crippen LogP contribution in [0.15, 0.2) is 33.9 Å². The summed E-state index contributed by atoms with van der Waals surface area (Å²) in [5.41, 5.74) is -3.47. The first-order valence-corrected chi connectivity index (χ1v) is 5.74. The molecule has 1 aromatic carbocycles. The van der Waals surface area contributed by atoms with Gasteiger partial charge in [0.15, 0.2) is 5.56 Å². The zero-order valence-electron chi connectivity index (χ0n) is 12.2. The van der Waals surface area contributed by atoms with E-state index in [1.807, 2.05) is 0 Å². The fourth-order valence-corrected chi connectivity index (χ4v) is 1.87. The van der Waals surface area contributed by atoms with Crippen LogP contribution in [0.4, 0.5) is 0 Å². The van der Waals surface area contributed by atoms with Crippen LogP contribution < -0.4 is 67.7 Å². The third-order valence-corrected chi connectivity index (χ3v) is 2.81. The van der Waals surface area contributed by atoms with Gasteiger partial charge in [0.2, 0.25) is 0 Å². The fraction of sp³-hybridized carbons (Fsp3) is 0.0769.